The minimum atomic E-state index is -3.12. The van der Waals surface area contributed by atoms with E-state index in [1.54, 1.807) is 30.5 Å². The van der Waals surface area contributed by atoms with Crippen LogP contribution in [-0.4, -0.2) is 49.7 Å². The number of ether oxygens (including phenoxy) is 1. The summed E-state index contributed by atoms with van der Waals surface area (Å²) in [5.41, 5.74) is 0.744. The van der Waals surface area contributed by atoms with Crippen LogP contribution in [0.2, 0.25) is 0 Å². The SMILES string of the molecule is CC.Cc1ccc(O[C@H]2CN(c3cc(-c4c[nH]c(=O)[nH]c4=O)nn4ccnc34)CC2(F)F)cc1.N. The number of H-pyrrole nitrogens is 2. The van der Waals surface area contributed by atoms with Crippen molar-refractivity contribution in [2.24, 2.45) is 0 Å². The van der Waals surface area contributed by atoms with Gasteiger partial charge in [-0.1, -0.05) is 31.5 Å². The lowest BCUT2D eigenvalue weighted by molar-refractivity contribution is -0.0594. The van der Waals surface area contributed by atoms with Crippen molar-refractivity contribution < 1.29 is 13.5 Å². The van der Waals surface area contributed by atoms with Gasteiger partial charge in [0.1, 0.15) is 11.4 Å². The van der Waals surface area contributed by atoms with Gasteiger partial charge in [0.15, 0.2) is 11.8 Å². The van der Waals surface area contributed by atoms with Gasteiger partial charge in [-0.05, 0) is 25.1 Å². The summed E-state index contributed by atoms with van der Waals surface area (Å²) in [6, 6.07) is 8.42. The average molecular weight is 488 g/mol. The number of alkyl halides is 2. The van der Waals surface area contributed by atoms with Gasteiger partial charge >= 0.3 is 11.6 Å². The summed E-state index contributed by atoms with van der Waals surface area (Å²) in [4.78, 5) is 33.8. The highest BCUT2D eigenvalue weighted by atomic mass is 19.3. The number of rotatable bonds is 4. The Labute approximate surface area is 199 Å². The number of fused-ring (bicyclic) bond motifs is 1. The third-order valence-corrected chi connectivity index (χ3v) is 5.33. The molecule has 0 aliphatic carbocycles. The molecule has 1 aromatic carbocycles. The second kappa shape index (κ2) is 10.1. The number of halogens is 2. The quantitative estimate of drug-likeness (QED) is 0.401. The van der Waals surface area contributed by atoms with E-state index in [-0.39, 0.29) is 24.0 Å². The summed E-state index contributed by atoms with van der Waals surface area (Å²) in [5.74, 6) is -2.75. The molecule has 5 rings (SSSR count). The second-order valence-corrected chi connectivity index (χ2v) is 7.66. The molecule has 5 N–H and O–H groups in total. The number of anilines is 1. The van der Waals surface area contributed by atoms with Gasteiger partial charge in [-0.15, -0.1) is 0 Å². The van der Waals surface area contributed by atoms with Crippen molar-refractivity contribution in [2.45, 2.75) is 32.8 Å². The molecule has 0 spiro atoms. The van der Waals surface area contributed by atoms with E-state index in [9.17, 15) is 18.4 Å². The molecular weight excluding hydrogens is 460 g/mol. The highest BCUT2D eigenvalue weighted by Gasteiger charge is 2.50. The number of hydrogen-bond donors (Lipinski definition) is 3. The van der Waals surface area contributed by atoms with Crippen LogP contribution < -0.4 is 27.0 Å². The molecule has 3 aromatic heterocycles. The van der Waals surface area contributed by atoms with Gasteiger partial charge in [0.25, 0.3) is 5.56 Å². The van der Waals surface area contributed by atoms with Crippen molar-refractivity contribution in [1.29, 1.82) is 0 Å². The van der Waals surface area contributed by atoms with Crippen molar-refractivity contribution in [1.82, 2.24) is 30.7 Å². The molecule has 0 bridgehead atoms. The van der Waals surface area contributed by atoms with Crippen molar-refractivity contribution in [3.05, 3.63) is 75.3 Å². The molecule has 10 nitrogen and oxygen atoms in total. The fourth-order valence-electron chi connectivity index (χ4n) is 3.71. The molecule has 4 aromatic rings. The summed E-state index contributed by atoms with van der Waals surface area (Å²) in [6.45, 7) is 5.23. The van der Waals surface area contributed by atoms with E-state index in [4.69, 9.17) is 4.74 Å². The van der Waals surface area contributed by atoms with Crippen LogP contribution in [0.5, 0.6) is 5.75 Å². The Bertz CT molecular complexity index is 1410. The Hall–Kier alpha value is -4.06. The first-order chi connectivity index (χ1) is 16.3. The van der Waals surface area contributed by atoms with Crippen LogP contribution in [0.1, 0.15) is 19.4 Å². The zero-order valence-electron chi connectivity index (χ0n) is 19.6. The largest absolute Gasteiger partial charge is 0.482 e. The van der Waals surface area contributed by atoms with Gasteiger partial charge < -0.3 is 20.8 Å². The molecular formula is C23H27F2N7O3. The zero-order chi connectivity index (χ0) is 24.5. The average Bonchev–Trinajstić information content (AvgIpc) is 3.40. The molecule has 0 saturated carbocycles. The Kier molecular flexibility index (Phi) is 7.34. The Morgan fingerprint density at radius 3 is 2.57 bits per heavy atom. The number of aromatic nitrogens is 5. The predicted octanol–water partition coefficient (Wildman–Crippen LogP) is 3.17. The molecule has 1 saturated heterocycles. The van der Waals surface area contributed by atoms with Gasteiger partial charge in [0, 0.05) is 18.6 Å². The smallest absolute Gasteiger partial charge is 0.325 e. The van der Waals surface area contributed by atoms with Gasteiger partial charge in [-0.3, -0.25) is 9.78 Å². The molecule has 1 aliphatic heterocycles. The third kappa shape index (κ3) is 5.06. The van der Waals surface area contributed by atoms with Crippen molar-refractivity contribution in [3.8, 4) is 17.0 Å². The van der Waals surface area contributed by atoms with Crippen molar-refractivity contribution in [2.75, 3.05) is 18.0 Å². The summed E-state index contributed by atoms with van der Waals surface area (Å²) in [6.07, 6.45) is 2.91. The maximum atomic E-state index is 14.9. The summed E-state index contributed by atoms with van der Waals surface area (Å²) in [5, 5.41) is 4.33. The first kappa shape index (κ1) is 25.6. The molecule has 4 heterocycles. The molecule has 1 atom stereocenters. The number of nitrogens with one attached hydrogen (secondary N) is 2. The number of hydrogen-bond acceptors (Lipinski definition) is 7. The number of benzene rings is 1. The molecule has 1 fully saturated rings. The molecule has 186 valence electrons. The first-order valence-corrected chi connectivity index (χ1v) is 10.8. The predicted molar refractivity (Wildman–Crippen MR) is 129 cm³/mol. The third-order valence-electron chi connectivity index (χ3n) is 5.33. The summed E-state index contributed by atoms with van der Waals surface area (Å²) in [7, 11) is 0. The number of nitrogens with zero attached hydrogens (tertiary/aromatic N) is 4. The lowest BCUT2D eigenvalue weighted by Gasteiger charge is -2.19. The molecule has 0 amide bonds. The van der Waals surface area contributed by atoms with Crippen LogP contribution >= 0.6 is 0 Å². The van der Waals surface area contributed by atoms with E-state index in [1.165, 1.54) is 27.9 Å². The zero-order valence-corrected chi connectivity index (χ0v) is 19.6. The van der Waals surface area contributed by atoms with Crippen LogP contribution in [-0.2, 0) is 0 Å². The summed E-state index contributed by atoms with van der Waals surface area (Å²) < 4.78 is 36.7. The molecule has 35 heavy (non-hydrogen) atoms. The topological polar surface area (TPSA) is 143 Å². The van der Waals surface area contributed by atoms with E-state index in [0.717, 1.165) is 5.56 Å². The maximum Gasteiger partial charge on any atom is 0.325 e. The highest BCUT2D eigenvalue weighted by Crippen LogP contribution is 2.36. The monoisotopic (exact) mass is 487 g/mol. The van der Waals surface area contributed by atoms with E-state index in [2.05, 4.69) is 20.1 Å². The van der Waals surface area contributed by atoms with Gasteiger partial charge in [-0.25, -0.2) is 23.1 Å². The minimum Gasteiger partial charge on any atom is -0.482 e. The van der Waals surface area contributed by atoms with Crippen LogP contribution in [0, 0.1) is 6.92 Å². The van der Waals surface area contributed by atoms with Crippen LogP contribution in [0.25, 0.3) is 16.9 Å². The molecule has 0 unspecified atom stereocenters. The second-order valence-electron chi connectivity index (χ2n) is 7.66. The lowest BCUT2D eigenvalue weighted by atomic mass is 10.2. The Morgan fingerprint density at radius 2 is 1.89 bits per heavy atom. The number of aromatic amines is 2. The van der Waals surface area contributed by atoms with Crippen LogP contribution in [0.15, 0.2) is 58.5 Å². The van der Waals surface area contributed by atoms with E-state index in [1.807, 2.05) is 20.8 Å². The lowest BCUT2D eigenvalue weighted by Crippen LogP contribution is -2.36. The maximum absolute atomic E-state index is 14.9. The van der Waals surface area contributed by atoms with Gasteiger partial charge in [0.05, 0.1) is 24.3 Å². The van der Waals surface area contributed by atoms with Crippen LogP contribution in [0.4, 0.5) is 14.5 Å². The van der Waals surface area contributed by atoms with Crippen molar-refractivity contribution in [3.63, 3.8) is 0 Å². The number of aryl methyl sites for hydroxylation is 1. The molecule has 0 radical (unpaired) electrons. The Morgan fingerprint density at radius 1 is 1.17 bits per heavy atom. The van der Waals surface area contributed by atoms with E-state index >= 15 is 0 Å². The van der Waals surface area contributed by atoms with Gasteiger partial charge in [0.2, 0.25) is 0 Å². The minimum absolute atomic E-state index is 0. The molecule has 12 heteroatoms. The van der Waals surface area contributed by atoms with E-state index in [0.29, 0.717) is 17.1 Å². The highest BCUT2D eigenvalue weighted by molar-refractivity contribution is 5.74. The standard InChI is InChI=1S/C21H18F2N6O3.C2H6.H3N/c1-12-2-4-13(5-3-12)32-17-10-28(11-21(17,22)23)16-8-15(27-29-7-6-24-18(16)29)14-9-25-20(31)26-19(14)30;1-2;/h2-9,17H,10-11H2,1H3,(H2,25,26,30,31);1-2H3;1H3/t17-;;/m0../s1. The fraction of sp³-hybridized carbons (Fsp3) is 0.304. The normalized spacial score (nSPS) is 16.4. The van der Waals surface area contributed by atoms with Crippen LogP contribution in [0.3, 0.4) is 0 Å². The Balaban J connectivity index is 0.00000111. The van der Waals surface area contributed by atoms with Crippen molar-refractivity contribution >= 4 is 11.3 Å². The number of imidazole rings is 1. The molecule has 1 aliphatic rings. The fourth-order valence-corrected chi connectivity index (χ4v) is 3.71. The van der Waals surface area contributed by atoms with Gasteiger partial charge in [-0.2, -0.15) is 5.10 Å². The summed E-state index contributed by atoms with van der Waals surface area (Å²) >= 11 is 0. The first-order valence-electron chi connectivity index (χ1n) is 10.8. The van der Waals surface area contributed by atoms with E-state index < -0.39 is 29.8 Å².